The molecule has 88 valence electrons. The average Bonchev–Trinajstić information content (AvgIpc) is 3.01. The molecular weight excluding hydrogens is 210 g/mol. The molecule has 0 radical (unpaired) electrons. The van der Waals surface area contributed by atoms with Crippen molar-refractivity contribution < 1.29 is 8.42 Å². The van der Waals surface area contributed by atoms with Gasteiger partial charge in [-0.15, -0.1) is 0 Å². The van der Waals surface area contributed by atoms with Gasteiger partial charge < -0.3 is 0 Å². The van der Waals surface area contributed by atoms with Crippen LogP contribution in [0, 0.1) is 5.92 Å². The van der Waals surface area contributed by atoms with E-state index >= 15 is 0 Å². The predicted molar refractivity (Wildman–Crippen MR) is 61.1 cm³/mol. The van der Waals surface area contributed by atoms with Crippen molar-refractivity contribution in [3.63, 3.8) is 0 Å². The lowest BCUT2D eigenvalue weighted by molar-refractivity contribution is 0.246. The Kier molecular flexibility index (Phi) is 3.08. The summed E-state index contributed by atoms with van der Waals surface area (Å²) in [5.41, 5.74) is 0. The molecule has 0 bridgehead atoms. The maximum atomic E-state index is 12.0. The molecule has 3 nitrogen and oxygen atoms in total. The summed E-state index contributed by atoms with van der Waals surface area (Å²) in [5.74, 6) is 0.776. The second-order valence-corrected chi connectivity index (χ2v) is 7.45. The van der Waals surface area contributed by atoms with Crippen LogP contribution in [0.15, 0.2) is 0 Å². The largest absolute Gasteiger partial charge is 0.216 e. The first kappa shape index (κ1) is 11.4. The van der Waals surface area contributed by atoms with Gasteiger partial charge in [0, 0.05) is 13.1 Å². The first-order valence-electron chi connectivity index (χ1n) is 5.98. The van der Waals surface area contributed by atoms with E-state index < -0.39 is 10.0 Å². The van der Waals surface area contributed by atoms with Gasteiger partial charge in [0.25, 0.3) is 0 Å². The zero-order valence-corrected chi connectivity index (χ0v) is 10.5. The van der Waals surface area contributed by atoms with Crippen molar-refractivity contribution >= 4 is 10.0 Å². The van der Waals surface area contributed by atoms with Crippen LogP contribution in [0.1, 0.15) is 45.4 Å². The zero-order valence-electron chi connectivity index (χ0n) is 9.65. The SMILES string of the molecule is CC1CCC(N(C)S(=O)(=O)C2CC2)CC1. The predicted octanol–water partition coefficient (Wildman–Crippen LogP) is 1.99. The van der Waals surface area contributed by atoms with Crippen LogP contribution in [0.3, 0.4) is 0 Å². The number of rotatable bonds is 3. The lowest BCUT2D eigenvalue weighted by atomic mass is 9.87. The third kappa shape index (κ3) is 2.36. The molecule has 2 saturated carbocycles. The maximum Gasteiger partial charge on any atom is 0.216 e. The van der Waals surface area contributed by atoms with E-state index in [9.17, 15) is 8.42 Å². The number of nitrogens with zero attached hydrogens (tertiary/aromatic N) is 1. The molecule has 0 atom stereocenters. The first-order valence-corrected chi connectivity index (χ1v) is 7.49. The highest BCUT2D eigenvalue weighted by atomic mass is 32.2. The topological polar surface area (TPSA) is 37.4 Å². The van der Waals surface area contributed by atoms with Gasteiger partial charge in [-0.1, -0.05) is 6.92 Å². The fraction of sp³-hybridized carbons (Fsp3) is 1.00. The van der Waals surface area contributed by atoms with Crippen molar-refractivity contribution in [2.75, 3.05) is 7.05 Å². The van der Waals surface area contributed by atoms with E-state index in [1.54, 1.807) is 11.4 Å². The smallest absolute Gasteiger partial charge is 0.212 e. The Morgan fingerprint density at radius 3 is 2.00 bits per heavy atom. The summed E-state index contributed by atoms with van der Waals surface area (Å²) in [6.07, 6.45) is 6.18. The quantitative estimate of drug-likeness (QED) is 0.745. The second-order valence-electron chi connectivity index (χ2n) is 5.17. The third-order valence-electron chi connectivity index (χ3n) is 3.85. The Bertz CT molecular complexity index is 313. The fourth-order valence-electron chi connectivity index (χ4n) is 2.41. The van der Waals surface area contributed by atoms with Crippen LogP contribution in [-0.4, -0.2) is 31.1 Å². The Morgan fingerprint density at radius 2 is 1.53 bits per heavy atom. The van der Waals surface area contributed by atoms with Crippen LogP contribution in [0.5, 0.6) is 0 Å². The summed E-state index contributed by atoms with van der Waals surface area (Å²) in [5, 5.41) is -0.0538. The molecule has 2 fully saturated rings. The molecule has 2 aliphatic rings. The molecule has 0 aromatic heterocycles. The van der Waals surface area contributed by atoms with E-state index in [0.29, 0.717) is 0 Å². The summed E-state index contributed by atoms with van der Waals surface area (Å²) in [7, 11) is -1.18. The van der Waals surface area contributed by atoms with Gasteiger partial charge in [-0.25, -0.2) is 12.7 Å². The standard InChI is InChI=1S/C11H21NO2S/c1-9-3-5-10(6-4-9)12(2)15(13,14)11-7-8-11/h9-11H,3-8H2,1-2H3. The van der Waals surface area contributed by atoms with Crippen molar-refractivity contribution in [1.29, 1.82) is 0 Å². The van der Waals surface area contributed by atoms with Crippen LogP contribution < -0.4 is 0 Å². The van der Waals surface area contributed by atoms with Gasteiger partial charge in [-0.2, -0.15) is 0 Å². The van der Waals surface area contributed by atoms with Gasteiger partial charge in [0.05, 0.1) is 5.25 Å². The zero-order chi connectivity index (χ0) is 11.1. The highest BCUT2D eigenvalue weighted by Gasteiger charge is 2.41. The van der Waals surface area contributed by atoms with Crippen molar-refractivity contribution in [3.05, 3.63) is 0 Å². The molecular formula is C11H21NO2S. The van der Waals surface area contributed by atoms with Gasteiger partial charge in [-0.05, 0) is 44.4 Å². The fourth-order valence-corrected chi connectivity index (χ4v) is 4.24. The molecule has 0 aromatic rings. The minimum Gasteiger partial charge on any atom is -0.212 e. The minimum atomic E-state index is -2.95. The lowest BCUT2D eigenvalue weighted by Crippen LogP contribution is -2.40. The normalized spacial score (nSPS) is 33.3. The van der Waals surface area contributed by atoms with Crippen molar-refractivity contribution in [3.8, 4) is 0 Å². The van der Waals surface area contributed by atoms with E-state index in [-0.39, 0.29) is 11.3 Å². The van der Waals surface area contributed by atoms with Crippen LogP contribution >= 0.6 is 0 Å². The van der Waals surface area contributed by atoms with Gasteiger partial charge >= 0.3 is 0 Å². The van der Waals surface area contributed by atoms with E-state index in [0.717, 1.165) is 31.6 Å². The van der Waals surface area contributed by atoms with Gasteiger partial charge in [0.15, 0.2) is 0 Å². The molecule has 0 aliphatic heterocycles. The van der Waals surface area contributed by atoms with E-state index in [4.69, 9.17) is 0 Å². The summed E-state index contributed by atoms with van der Waals surface area (Å²) in [6, 6.07) is 0.270. The number of hydrogen-bond donors (Lipinski definition) is 0. The van der Waals surface area contributed by atoms with Gasteiger partial charge in [-0.3, -0.25) is 0 Å². The minimum absolute atomic E-state index is 0.0538. The second kappa shape index (κ2) is 4.06. The van der Waals surface area contributed by atoms with E-state index in [1.165, 1.54) is 12.8 Å². The van der Waals surface area contributed by atoms with Crippen molar-refractivity contribution in [2.45, 2.75) is 56.7 Å². The molecule has 15 heavy (non-hydrogen) atoms. The van der Waals surface area contributed by atoms with Crippen molar-refractivity contribution in [2.24, 2.45) is 5.92 Å². The molecule has 0 heterocycles. The molecule has 2 aliphatic carbocycles. The molecule has 0 aromatic carbocycles. The van der Waals surface area contributed by atoms with Crippen LogP contribution in [-0.2, 0) is 10.0 Å². The summed E-state index contributed by atoms with van der Waals surface area (Å²) in [4.78, 5) is 0. The Hall–Kier alpha value is -0.0900. The molecule has 0 amide bonds. The number of sulfonamides is 1. The highest BCUT2D eigenvalue weighted by Crippen LogP contribution is 2.34. The van der Waals surface area contributed by atoms with E-state index in [1.807, 2.05) is 0 Å². The number of hydrogen-bond acceptors (Lipinski definition) is 2. The highest BCUT2D eigenvalue weighted by molar-refractivity contribution is 7.90. The molecule has 4 heteroatoms. The average molecular weight is 231 g/mol. The Balaban J connectivity index is 1.98. The van der Waals surface area contributed by atoms with E-state index in [2.05, 4.69) is 6.92 Å². The van der Waals surface area contributed by atoms with Gasteiger partial charge in [0.1, 0.15) is 0 Å². The van der Waals surface area contributed by atoms with Crippen molar-refractivity contribution in [1.82, 2.24) is 4.31 Å². The first-order chi connectivity index (χ1) is 7.01. The maximum absolute atomic E-state index is 12.0. The summed E-state index contributed by atoms with van der Waals surface area (Å²) >= 11 is 0. The van der Waals surface area contributed by atoms with Crippen LogP contribution in [0.2, 0.25) is 0 Å². The molecule has 0 saturated heterocycles. The summed E-state index contributed by atoms with van der Waals surface area (Å²) < 4.78 is 25.7. The molecule has 0 unspecified atom stereocenters. The molecule has 0 N–H and O–H groups in total. The monoisotopic (exact) mass is 231 g/mol. The summed E-state index contributed by atoms with van der Waals surface area (Å²) in [6.45, 7) is 2.26. The third-order valence-corrected chi connectivity index (χ3v) is 6.26. The lowest BCUT2D eigenvalue weighted by Gasteiger charge is -2.32. The Morgan fingerprint density at radius 1 is 1.00 bits per heavy atom. The molecule has 0 spiro atoms. The van der Waals surface area contributed by atoms with Crippen LogP contribution in [0.4, 0.5) is 0 Å². The van der Waals surface area contributed by atoms with Gasteiger partial charge in [0.2, 0.25) is 10.0 Å². The van der Waals surface area contributed by atoms with Crippen LogP contribution in [0.25, 0.3) is 0 Å². The molecule has 2 rings (SSSR count). The Labute approximate surface area is 92.9 Å².